The Kier molecular flexibility index (Phi) is 3.23. The molecule has 0 saturated carbocycles. The topological polar surface area (TPSA) is 62.2 Å². The predicted molar refractivity (Wildman–Crippen MR) is 65.0 cm³/mol. The van der Waals surface area contributed by atoms with Crippen LogP contribution in [0.1, 0.15) is 16.1 Å². The van der Waals surface area contributed by atoms with Crippen molar-refractivity contribution in [3.63, 3.8) is 0 Å². The van der Waals surface area contributed by atoms with Gasteiger partial charge in [0.1, 0.15) is 11.6 Å². The van der Waals surface area contributed by atoms with Crippen LogP contribution in [0.15, 0.2) is 36.5 Å². The van der Waals surface area contributed by atoms with Gasteiger partial charge >= 0.3 is 0 Å². The van der Waals surface area contributed by atoms with E-state index in [4.69, 9.17) is 0 Å². The molecule has 0 aliphatic heterocycles. The first-order valence-corrected chi connectivity index (χ1v) is 5.30. The second kappa shape index (κ2) is 4.83. The molecule has 1 amide bonds. The molecule has 0 saturated heterocycles. The van der Waals surface area contributed by atoms with Gasteiger partial charge in [0.25, 0.3) is 5.91 Å². The van der Waals surface area contributed by atoms with Gasteiger partial charge in [-0.25, -0.2) is 9.37 Å². The SMILES string of the molecule is Cc1cccc(F)c1NC(=O)c1ncccc1O. The highest BCUT2D eigenvalue weighted by Gasteiger charge is 2.15. The lowest BCUT2D eigenvalue weighted by atomic mass is 10.2. The Morgan fingerprint density at radius 2 is 2.11 bits per heavy atom. The summed E-state index contributed by atoms with van der Waals surface area (Å²) < 4.78 is 13.5. The molecule has 1 aromatic carbocycles. The highest BCUT2D eigenvalue weighted by molar-refractivity contribution is 6.05. The van der Waals surface area contributed by atoms with Crippen molar-refractivity contribution in [2.75, 3.05) is 5.32 Å². The third-order valence-electron chi connectivity index (χ3n) is 2.46. The zero-order valence-electron chi connectivity index (χ0n) is 9.64. The molecule has 0 aliphatic rings. The van der Waals surface area contributed by atoms with Crippen molar-refractivity contribution < 1.29 is 14.3 Å². The van der Waals surface area contributed by atoms with Crippen molar-refractivity contribution in [1.82, 2.24) is 4.98 Å². The van der Waals surface area contributed by atoms with Crippen molar-refractivity contribution in [2.45, 2.75) is 6.92 Å². The Labute approximate surface area is 103 Å². The molecule has 4 nitrogen and oxygen atoms in total. The summed E-state index contributed by atoms with van der Waals surface area (Å²) in [5.41, 5.74) is 0.548. The van der Waals surface area contributed by atoms with Gasteiger partial charge in [0, 0.05) is 6.20 Å². The Bertz CT molecular complexity index is 579. The average Bonchev–Trinajstić information content (AvgIpc) is 2.34. The summed E-state index contributed by atoms with van der Waals surface area (Å²) in [6.07, 6.45) is 1.38. The lowest BCUT2D eigenvalue weighted by Crippen LogP contribution is -2.15. The predicted octanol–water partition coefficient (Wildman–Crippen LogP) is 2.49. The van der Waals surface area contributed by atoms with E-state index in [0.717, 1.165) is 0 Å². The fourth-order valence-electron chi connectivity index (χ4n) is 1.53. The number of halogens is 1. The van der Waals surface area contributed by atoms with Crippen LogP contribution < -0.4 is 5.32 Å². The normalized spacial score (nSPS) is 10.1. The minimum absolute atomic E-state index is 0.0903. The minimum atomic E-state index is -0.652. The number of amides is 1. The van der Waals surface area contributed by atoms with Crippen molar-refractivity contribution in [2.24, 2.45) is 0 Å². The second-order valence-corrected chi connectivity index (χ2v) is 3.76. The summed E-state index contributed by atoms with van der Waals surface area (Å²) in [4.78, 5) is 15.6. The van der Waals surface area contributed by atoms with Gasteiger partial charge in [0.2, 0.25) is 0 Å². The number of anilines is 1. The molecule has 0 bridgehead atoms. The zero-order chi connectivity index (χ0) is 13.1. The molecule has 0 unspecified atom stereocenters. The third-order valence-corrected chi connectivity index (χ3v) is 2.46. The molecule has 18 heavy (non-hydrogen) atoms. The quantitative estimate of drug-likeness (QED) is 0.855. The number of para-hydroxylation sites is 1. The summed E-state index contributed by atoms with van der Waals surface area (Å²) in [6, 6.07) is 7.33. The van der Waals surface area contributed by atoms with Crippen LogP contribution in [0.25, 0.3) is 0 Å². The van der Waals surface area contributed by atoms with Crippen LogP contribution in [0, 0.1) is 12.7 Å². The fraction of sp³-hybridized carbons (Fsp3) is 0.0769. The van der Waals surface area contributed by atoms with Gasteiger partial charge in [-0.1, -0.05) is 12.1 Å². The number of pyridine rings is 1. The number of carbonyl (C=O) groups is 1. The highest BCUT2D eigenvalue weighted by atomic mass is 19.1. The standard InChI is InChI=1S/C13H11FN2O2/c1-8-4-2-5-9(14)11(8)16-13(18)12-10(17)6-3-7-15-12/h2-7,17H,1H3,(H,16,18). The van der Waals surface area contributed by atoms with E-state index in [1.165, 1.54) is 24.4 Å². The summed E-state index contributed by atoms with van der Waals surface area (Å²) in [6.45, 7) is 1.68. The monoisotopic (exact) mass is 246 g/mol. The molecule has 0 atom stereocenters. The number of aryl methyl sites for hydroxylation is 1. The number of aromatic nitrogens is 1. The van der Waals surface area contributed by atoms with Gasteiger partial charge in [-0.2, -0.15) is 0 Å². The molecule has 2 rings (SSSR count). The Hall–Kier alpha value is -2.43. The second-order valence-electron chi connectivity index (χ2n) is 3.76. The molecule has 1 aromatic heterocycles. The number of benzene rings is 1. The molecular formula is C13H11FN2O2. The van der Waals surface area contributed by atoms with Crippen molar-refractivity contribution in [3.05, 3.63) is 53.6 Å². The number of rotatable bonds is 2. The molecule has 0 aliphatic carbocycles. The van der Waals surface area contributed by atoms with Gasteiger partial charge in [-0.15, -0.1) is 0 Å². The van der Waals surface area contributed by atoms with E-state index in [9.17, 15) is 14.3 Å². The first kappa shape index (κ1) is 12.0. The highest BCUT2D eigenvalue weighted by Crippen LogP contribution is 2.21. The summed E-state index contributed by atoms with van der Waals surface area (Å²) in [5.74, 6) is -1.43. The molecule has 1 heterocycles. The number of nitrogens with one attached hydrogen (secondary N) is 1. The van der Waals surface area contributed by atoms with E-state index >= 15 is 0 Å². The van der Waals surface area contributed by atoms with Gasteiger partial charge < -0.3 is 10.4 Å². The van der Waals surface area contributed by atoms with E-state index in [0.29, 0.717) is 5.56 Å². The number of hydrogen-bond acceptors (Lipinski definition) is 3. The van der Waals surface area contributed by atoms with Crippen LogP contribution in [-0.2, 0) is 0 Å². The minimum Gasteiger partial charge on any atom is -0.505 e. The van der Waals surface area contributed by atoms with Gasteiger partial charge in [0.05, 0.1) is 5.69 Å². The maximum atomic E-state index is 13.5. The van der Waals surface area contributed by atoms with Crippen molar-refractivity contribution >= 4 is 11.6 Å². The van der Waals surface area contributed by atoms with Gasteiger partial charge in [-0.3, -0.25) is 4.79 Å². The number of nitrogens with zero attached hydrogens (tertiary/aromatic N) is 1. The van der Waals surface area contributed by atoms with E-state index in [1.54, 1.807) is 19.1 Å². The van der Waals surface area contributed by atoms with Crippen LogP contribution in [0.2, 0.25) is 0 Å². The maximum Gasteiger partial charge on any atom is 0.278 e. The summed E-state index contributed by atoms with van der Waals surface area (Å²) >= 11 is 0. The van der Waals surface area contributed by atoms with Gasteiger partial charge in [0.15, 0.2) is 5.69 Å². The molecule has 5 heteroatoms. The zero-order valence-corrected chi connectivity index (χ0v) is 9.64. The van der Waals surface area contributed by atoms with Crippen molar-refractivity contribution in [1.29, 1.82) is 0 Å². The van der Waals surface area contributed by atoms with E-state index < -0.39 is 11.7 Å². The Balaban J connectivity index is 2.30. The van der Waals surface area contributed by atoms with Gasteiger partial charge in [-0.05, 0) is 30.7 Å². The summed E-state index contributed by atoms with van der Waals surface area (Å²) in [7, 11) is 0. The van der Waals surface area contributed by atoms with Crippen LogP contribution in [0.4, 0.5) is 10.1 Å². The smallest absolute Gasteiger partial charge is 0.278 e. The van der Waals surface area contributed by atoms with Crippen LogP contribution in [-0.4, -0.2) is 16.0 Å². The van der Waals surface area contributed by atoms with Crippen LogP contribution in [0.3, 0.4) is 0 Å². The third kappa shape index (κ3) is 2.29. The molecule has 0 radical (unpaired) electrons. The molecule has 92 valence electrons. The van der Waals surface area contributed by atoms with E-state index in [-0.39, 0.29) is 17.1 Å². The average molecular weight is 246 g/mol. The van der Waals surface area contributed by atoms with Crippen LogP contribution >= 0.6 is 0 Å². The molecule has 2 aromatic rings. The maximum absolute atomic E-state index is 13.5. The van der Waals surface area contributed by atoms with E-state index in [1.807, 2.05) is 0 Å². The Morgan fingerprint density at radius 1 is 1.33 bits per heavy atom. The molecule has 0 spiro atoms. The number of hydrogen-bond donors (Lipinski definition) is 2. The number of aromatic hydroxyl groups is 1. The van der Waals surface area contributed by atoms with E-state index in [2.05, 4.69) is 10.3 Å². The largest absolute Gasteiger partial charge is 0.505 e. The van der Waals surface area contributed by atoms with Crippen molar-refractivity contribution in [3.8, 4) is 5.75 Å². The number of carbonyl (C=O) groups excluding carboxylic acids is 1. The van der Waals surface area contributed by atoms with Crippen LogP contribution in [0.5, 0.6) is 5.75 Å². The lowest BCUT2D eigenvalue weighted by Gasteiger charge is -2.09. The fourth-order valence-corrected chi connectivity index (χ4v) is 1.53. The molecule has 2 N–H and O–H groups in total. The first-order valence-electron chi connectivity index (χ1n) is 5.30. The lowest BCUT2D eigenvalue weighted by molar-refractivity contribution is 0.101. The molecule has 0 fully saturated rings. The summed E-state index contributed by atoms with van der Waals surface area (Å²) in [5, 5.41) is 11.9. The Morgan fingerprint density at radius 3 is 2.78 bits per heavy atom. The molecular weight excluding hydrogens is 235 g/mol. The first-order chi connectivity index (χ1) is 8.59.